The largest absolute Gasteiger partial charge is 0.487 e. The van der Waals surface area contributed by atoms with Gasteiger partial charge in [-0.3, -0.25) is 4.90 Å². The quantitative estimate of drug-likeness (QED) is 0.241. The minimum atomic E-state index is 0.356. The Labute approximate surface area is 212 Å². The third-order valence-corrected chi connectivity index (χ3v) is 5.67. The predicted molar refractivity (Wildman–Crippen MR) is 134 cm³/mol. The molecule has 0 unspecified atom stereocenters. The van der Waals surface area contributed by atoms with Crippen LogP contribution in [0.25, 0.3) is 22.2 Å². The molecule has 11 heteroatoms. The molecule has 0 atom stereocenters. The third kappa shape index (κ3) is 5.76. The number of ether oxygens (including phenoxy) is 4. The number of methoxy groups -OCH3 is 2. The van der Waals surface area contributed by atoms with E-state index in [1.54, 1.807) is 43.4 Å². The molecule has 4 rings (SSSR count). The van der Waals surface area contributed by atoms with Gasteiger partial charge in [0.1, 0.15) is 31.1 Å². The van der Waals surface area contributed by atoms with Gasteiger partial charge in [-0.2, -0.15) is 0 Å². The Morgan fingerprint density at radius 3 is 2.29 bits per heavy atom. The summed E-state index contributed by atoms with van der Waals surface area (Å²) in [5, 5.41) is 5.93. The molecule has 0 spiro atoms. The molecule has 0 aliphatic heterocycles. The number of hydrogen-bond acceptors (Lipinski definition) is 9. The lowest BCUT2D eigenvalue weighted by atomic mass is 10.1. The van der Waals surface area contributed by atoms with Gasteiger partial charge in [0.25, 0.3) is 0 Å². The molecule has 0 fully saturated rings. The van der Waals surface area contributed by atoms with Crippen LogP contribution in [0.3, 0.4) is 0 Å². The Morgan fingerprint density at radius 1 is 0.886 bits per heavy atom. The zero-order chi connectivity index (χ0) is 24.8. The van der Waals surface area contributed by atoms with E-state index < -0.39 is 0 Å². The number of nitrogens with zero attached hydrogens (tertiary/aromatic N) is 4. The second-order valence-corrected chi connectivity index (χ2v) is 8.27. The van der Waals surface area contributed by atoms with Crippen molar-refractivity contribution in [2.75, 3.05) is 52.6 Å². The summed E-state index contributed by atoms with van der Waals surface area (Å²) in [6.07, 6.45) is 1.48. The van der Waals surface area contributed by atoms with Gasteiger partial charge in [-0.15, -0.1) is 0 Å². The van der Waals surface area contributed by atoms with Gasteiger partial charge in [0.15, 0.2) is 11.5 Å². The van der Waals surface area contributed by atoms with Gasteiger partial charge in [-0.1, -0.05) is 28.4 Å². The fourth-order valence-electron chi connectivity index (χ4n) is 3.37. The van der Waals surface area contributed by atoms with Gasteiger partial charge in [0.05, 0.1) is 23.8 Å². The van der Waals surface area contributed by atoms with E-state index in [1.807, 2.05) is 19.2 Å². The first-order valence-corrected chi connectivity index (χ1v) is 11.5. The predicted octanol–water partition coefficient (Wildman–Crippen LogP) is 5.41. The van der Waals surface area contributed by atoms with E-state index in [0.29, 0.717) is 76.4 Å². The number of rotatable bonds is 11. The van der Waals surface area contributed by atoms with Crippen LogP contribution < -0.4 is 14.4 Å². The number of fused-ring (bicyclic) bond motifs is 1. The Bertz CT molecular complexity index is 1300. The van der Waals surface area contributed by atoms with Crippen LogP contribution in [-0.4, -0.2) is 62.8 Å². The summed E-state index contributed by atoms with van der Waals surface area (Å²) in [6, 6.07) is 10.6. The molecule has 0 saturated heterocycles. The molecule has 2 aromatic carbocycles. The molecule has 184 valence electrons. The van der Waals surface area contributed by atoms with Gasteiger partial charge in [-0.05, 0) is 24.3 Å². The minimum Gasteiger partial charge on any atom is -0.487 e. The molecule has 0 aliphatic rings. The molecule has 0 amide bonds. The normalized spacial score (nSPS) is 11.1. The second kappa shape index (κ2) is 11.5. The number of benzene rings is 2. The lowest BCUT2D eigenvalue weighted by molar-refractivity contribution is 0.132. The number of aromatic nitrogens is 3. The molecule has 9 nitrogen and oxygen atoms in total. The van der Waals surface area contributed by atoms with Crippen LogP contribution in [0.4, 0.5) is 11.7 Å². The van der Waals surface area contributed by atoms with Crippen LogP contribution >= 0.6 is 23.2 Å². The van der Waals surface area contributed by atoms with E-state index in [0.717, 1.165) is 5.39 Å². The molecule has 0 aliphatic carbocycles. The standard InChI is InChI=1S/C24H24Cl2N4O5/c1-30(23-13-20(29-35-23)16-5-4-15(25)10-18(16)26)24-17-11-21(33-8-6-31-2)22(34-9-7-32-3)12-19(17)27-14-28-24/h4-5,10-14H,6-9H2,1-3H3. The van der Waals surface area contributed by atoms with Crippen molar-refractivity contribution in [2.24, 2.45) is 0 Å². The Morgan fingerprint density at radius 2 is 1.60 bits per heavy atom. The minimum absolute atomic E-state index is 0.356. The molecular formula is C24H24Cl2N4O5. The monoisotopic (exact) mass is 518 g/mol. The van der Waals surface area contributed by atoms with Crippen molar-refractivity contribution in [2.45, 2.75) is 0 Å². The van der Waals surface area contributed by atoms with Gasteiger partial charge < -0.3 is 23.5 Å². The molecule has 0 N–H and O–H groups in total. The molecule has 2 aromatic heterocycles. The SMILES string of the molecule is COCCOc1cc2ncnc(N(C)c3cc(-c4ccc(Cl)cc4Cl)no3)c2cc1OCCOC. The maximum Gasteiger partial charge on any atom is 0.233 e. The van der Waals surface area contributed by atoms with Crippen LogP contribution in [-0.2, 0) is 9.47 Å². The third-order valence-electron chi connectivity index (χ3n) is 5.12. The summed E-state index contributed by atoms with van der Waals surface area (Å²) in [4.78, 5) is 10.7. The van der Waals surface area contributed by atoms with Crippen molar-refractivity contribution in [3.8, 4) is 22.8 Å². The molecular weight excluding hydrogens is 495 g/mol. The molecule has 35 heavy (non-hydrogen) atoms. The Kier molecular flexibility index (Phi) is 8.25. The number of anilines is 2. The first kappa shape index (κ1) is 25.0. The average molecular weight is 519 g/mol. The van der Waals surface area contributed by atoms with E-state index >= 15 is 0 Å². The molecule has 0 bridgehead atoms. The summed E-state index contributed by atoms with van der Waals surface area (Å²) < 4.78 is 27.6. The molecule has 2 heterocycles. The van der Waals surface area contributed by atoms with E-state index in [9.17, 15) is 0 Å². The lowest BCUT2D eigenvalue weighted by Gasteiger charge is -2.18. The van der Waals surface area contributed by atoms with Crippen molar-refractivity contribution in [3.63, 3.8) is 0 Å². The number of halogens is 2. The summed E-state index contributed by atoms with van der Waals surface area (Å²) >= 11 is 12.3. The van der Waals surface area contributed by atoms with Crippen LogP contribution in [0, 0.1) is 0 Å². The maximum atomic E-state index is 6.33. The van der Waals surface area contributed by atoms with Crippen molar-refractivity contribution < 1.29 is 23.5 Å². The van der Waals surface area contributed by atoms with Crippen molar-refractivity contribution >= 4 is 45.8 Å². The van der Waals surface area contributed by atoms with E-state index in [4.69, 9.17) is 46.7 Å². The highest BCUT2D eigenvalue weighted by molar-refractivity contribution is 6.36. The highest BCUT2D eigenvalue weighted by atomic mass is 35.5. The summed E-state index contributed by atoms with van der Waals surface area (Å²) in [7, 11) is 5.05. The average Bonchev–Trinajstić information content (AvgIpc) is 3.33. The lowest BCUT2D eigenvalue weighted by Crippen LogP contribution is -2.12. The van der Waals surface area contributed by atoms with Crippen LogP contribution in [0.2, 0.25) is 10.0 Å². The summed E-state index contributed by atoms with van der Waals surface area (Å²) in [5.74, 6) is 2.16. The van der Waals surface area contributed by atoms with Crippen LogP contribution in [0.15, 0.2) is 47.2 Å². The maximum absolute atomic E-state index is 6.33. The topological polar surface area (TPSA) is 92.0 Å². The molecule has 4 aromatic rings. The fraction of sp³-hybridized carbons (Fsp3) is 0.292. The fourth-order valence-corrected chi connectivity index (χ4v) is 3.87. The van der Waals surface area contributed by atoms with E-state index in [1.165, 1.54) is 6.33 Å². The smallest absolute Gasteiger partial charge is 0.233 e. The van der Waals surface area contributed by atoms with Gasteiger partial charge in [0, 0.05) is 49.4 Å². The van der Waals surface area contributed by atoms with Gasteiger partial charge >= 0.3 is 0 Å². The summed E-state index contributed by atoms with van der Waals surface area (Å²) in [6.45, 7) is 1.60. The number of hydrogen-bond donors (Lipinski definition) is 0. The zero-order valence-electron chi connectivity index (χ0n) is 19.5. The Hall–Kier alpha value is -3.11. The van der Waals surface area contributed by atoms with Crippen molar-refractivity contribution in [1.29, 1.82) is 0 Å². The first-order valence-electron chi connectivity index (χ1n) is 10.7. The van der Waals surface area contributed by atoms with Gasteiger partial charge in [0.2, 0.25) is 5.88 Å². The van der Waals surface area contributed by atoms with Crippen molar-refractivity contribution in [1.82, 2.24) is 15.1 Å². The Balaban J connectivity index is 1.69. The zero-order valence-corrected chi connectivity index (χ0v) is 21.0. The van der Waals surface area contributed by atoms with Crippen LogP contribution in [0.1, 0.15) is 0 Å². The molecule has 0 saturated carbocycles. The van der Waals surface area contributed by atoms with Gasteiger partial charge in [-0.25, -0.2) is 9.97 Å². The highest BCUT2D eigenvalue weighted by Gasteiger charge is 2.19. The van der Waals surface area contributed by atoms with Crippen LogP contribution in [0.5, 0.6) is 11.5 Å². The first-order chi connectivity index (χ1) is 17.0. The van der Waals surface area contributed by atoms with E-state index in [2.05, 4.69) is 15.1 Å². The summed E-state index contributed by atoms with van der Waals surface area (Å²) in [5.41, 5.74) is 1.96. The second-order valence-electron chi connectivity index (χ2n) is 7.43. The molecule has 0 radical (unpaired) electrons. The highest BCUT2D eigenvalue weighted by Crippen LogP contribution is 2.38. The van der Waals surface area contributed by atoms with Crippen molar-refractivity contribution in [3.05, 3.63) is 52.8 Å². The van der Waals surface area contributed by atoms with E-state index in [-0.39, 0.29) is 0 Å².